The molecule has 1 N–H and O–H groups in total. The summed E-state index contributed by atoms with van der Waals surface area (Å²) in [5.41, 5.74) is 1.72. The third-order valence-corrected chi connectivity index (χ3v) is 5.15. The lowest BCUT2D eigenvalue weighted by molar-refractivity contribution is 0.270. The fourth-order valence-electron chi connectivity index (χ4n) is 3.36. The van der Waals surface area contributed by atoms with Crippen molar-refractivity contribution in [2.45, 2.75) is 64.8 Å². The first-order valence-corrected chi connectivity index (χ1v) is 9.23. The highest BCUT2D eigenvalue weighted by Crippen LogP contribution is 2.31. The molecule has 118 valence electrons. The van der Waals surface area contributed by atoms with Gasteiger partial charge in [0.25, 0.3) is 0 Å². The second kappa shape index (κ2) is 7.78. The minimum Gasteiger partial charge on any atom is -0.312 e. The van der Waals surface area contributed by atoms with Crippen LogP contribution in [0.3, 0.4) is 0 Å². The van der Waals surface area contributed by atoms with E-state index in [2.05, 4.69) is 66.3 Å². The fraction of sp³-hybridized carbons (Fsp3) is 0.684. The van der Waals surface area contributed by atoms with E-state index in [-0.39, 0.29) is 5.54 Å². The molecule has 1 aromatic carbocycles. The molecule has 1 saturated carbocycles. The van der Waals surface area contributed by atoms with Gasteiger partial charge in [-0.05, 0) is 76.1 Å². The van der Waals surface area contributed by atoms with E-state index in [0.717, 1.165) is 11.8 Å². The summed E-state index contributed by atoms with van der Waals surface area (Å²) in [7, 11) is 0. The van der Waals surface area contributed by atoms with E-state index in [9.17, 15) is 0 Å². The lowest BCUT2D eigenvalue weighted by Gasteiger charge is -2.30. The molecule has 0 spiro atoms. The molecule has 2 unspecified atom stereocenters. The summed E-state index contributed by atoms with van der Waals surface area (Å²) in [5, 5.41) is 3.74. The molecule has 2 atom stereocenters. The van der Waals surface area contributed by atoms with Crippen molar-refractivity contribution >= 4 is 15.9 Å². The van der Waals surface area contributed by atoms with Crippen LogP contribution >= 0.6 is 15.9 Å². The number of nitrogens with one attached hydrogen (secondary N) is 1. The van der Waals surface area contributed by atoms with E-state index in [1.54, 1.807) is 0 Å². The van der Waals surface area contributed by atoms with E-state index in [4.69, 9.17) is 0 Å². The Hall–Kier alpha value is -0.340. The minimum atomic E-state index is 0.231. The summed E-state index contributed by atoms with van der Waals surface area (Å²) in [5.74, 6) is 1.67. The first-order valence-electron chi connectivity index (χ1n) is 8.43. The highest BCUT2D eigenvalue weighted by atomic mass is 79.9. The van der Waals surface area contributed by atoms with Crippen LogP contribution < -0.4 is 5.32 Å². The number of rotatable bonds is 4. The molecule has 2 heteroatoms. The van der Waals surface area contributed by atoms with Gasteiger partial charge in [-0.1, -0.05) is 47.3 Å². The van der Waals surface area contributed by atoms with Gasteiger partial charge in [-0.15, -0.1) is 0 Å². The molecule has 0 aliphatic heterocycles. The monoisotopic (exact) mass is 351 g/mol. The van der Waals surface area contributed by atoms with Crippen LogP contribution in [-0.4, -0.2) is 12.1 Å². The summed E-state index contributed by atoms with van der Waals surface area (Å²) >= 11 is 3.53. The molecule has 0 bridgehead atoms. The zero-order valence-corrected chi connectivity index (χ0v) is 15.4. The minimum absolute atomic E-state index is 0.231. The summed E-state index contributed by atoms with van der Waals surface area (Å²) in [6.07, 6.45) is 8.27. The van der Waals surface area contributed by atoms with Crippen molar-refractivity contribution in [2.24, 2.45) is 11.8 Å². The summed E-state index contributed by atoms with van der Waals surface area (Å²) < 4.78 is 1.18. The second-order valence-electron chi connectivity index (χ2n) is 7.62. The van der Waals surface area contributed by atoms with Crippen LogP contribution in [-0.2, 0) is 6.42 Å². The van der Waals surface area contributed by atoms with Crippen LogP contribution in [0.4, 0.5) is 0 Å². The van der Waals surface area contributed by atoms with Crippen molar-refractivity contribution in [3.63, 3.8) is 0 Å². The Labute approximate surface area is 139 Å². The molecule has 0 saturated heterocycles. The van der Waals surface area contributed by atoms with Crippen molar-refractivity contribution in [1.82, 2.24) is 5.32 Å². The highest BCUT2D eigenvalue weighted by molar-refractivity contribution is 9.10. The third kappa shape index (κ3) is 6.12. The van der Waals surface area contributed by atoms with Gasteiger partial charge in [0.1, 0.15) is 0 Å². The molecule has 0 radical (unpaired) electrons. The van der Waals surface area contributed by atoms with Crippen LogP contribution in [0.2, 0.25) is 0 Å². The molecule has 1 aliphatic rings. The normalized spacial score (nSPS) is 23.8. The maximum absolute atomic E-state index is 3.74. The van der Waals surface area contributed by atoms with E-state index in [1.807, 2.05) is 0 Å². The standard InChI is InChI=1S/C19H30BrN/c1-19(2,3)21-14-17-8-6-4-5-7-16(17)13-15-9-11-18(20)12-10-15/h9-12,16-17,21H,4-8,13-14H2,1-3H3. The Bertz CT molecular complexity index is 418. The van der Waals surface area contributed by atoms with Crippen molar-refractivity contribution in [1.29, 1.82) is 0 Å². The van der Waals surface area contributed by atoms with Crippen molar-refractivity contribution in [2.75, 3.05) is 6.54 Å². The third-order valence-electron chi connectivity index (χ3n) is 4.62. The van der Waals surface area contributed by atoms with Gasteiger partial charge in [0.2, 0.25) is 0 Å². The first-order chi connectivity index (χ1) is 9.94. The van der Waals surface area contributed by atoms with Crippen molar-refractivity contribution < 1.29 is 0 Å². The SMILES string of the molecule is CC(C)(C)NCC1CCCCCC1Cc1ccc(Br)cc1. The molecule has 2 rings (SSSR count). The molecule has 21 heavy (non-hydrogen) atoms. The van der Waals surface area contributed by atoms with Gasteiger partial charge in [-0.3, -0.25) is 0 Å². The predicted octanol–water partition coefficient (Wildman–Crippen LogP) is 5.58. The number of benzene rings is 1. The Morgan fingerprint density at radius 2 is 1.62 bits per heavy atom. The van der Waals surface area contributed by atoms with Gasteiger partial charge < -0.3 is 5.32 Å². The zero-order chi connectivity index (χ0) is 15.3. The average molecular weight is 352 g/mol. The number of hydrogen-bond donors (Lipinski definition) is 1. The topological polar surface area (TPSA) is 12.0 Å². The lowest BCUT2D eigenvalue weighted by atomic mass is 9.83. The molecular weight excluding hydrogens is 322 g/mol. The van der Waals surface area contributed by atoms with Gasteiger partial charge in [-0.2, -0.15) is 0 Å². The Morgan fingerprint density at radius 1 is 1.00 bits per heavy atom. The van der Waals surface area contributed by atoms with E-state index in [0.29, 0.717) is 0 Å². The van der Waals surface area contributed by atoms with Gasteiger partial charge in [-0.25, -0.2) is 0 Å². The van der Waals surface area contributed by atoms with Crippen molar-refractivity contribution in [3.05, 3.63) is 34.3 Å². The predicted molar refractivity (Wildman–Crippen MR) is 95.7 cm³/mol. The maximum Gasteiger partial charge on any atom is 0.0175 e. The van der Waals surface area contributed by atoms with E-state index >= 15 is 0 Å². The highest BCUT2D eigenvalue weighted by Gasteiger charge is 2.25. The van der Waals surface area contributed by atoms with Gasteiger partial charge in [0, 0.05) is 10.0 Å². The second-order valence-corrected chi connectivity index (χ2v) is 8.54. The summed E-state index contributed by atoms with van der Waals surface area (Å²) in [6.45, 7) is 7.99. The molecular formula is C19H30BrN. The molecule has 1 aromatic rings. The number of halogens is 1. The van der Waals surface area contributed by atoms with Crippen LogP contribution in [0.1, 0.15) is 58.4 Å². The maximum atomic E-state index is 3.74. The zero-order valence-electron chi connectivity index (χ0n) is 13.8. The summed E-state index contributed by atoms with van der Waals surface area (Å²) in [4.78, 5) is 0. The summed E-state index contributed by atoms with van der Waals surface area (Å²) in [6, 6.07) is 8.91. The Kier molecular flexibility index (Phi) is 6.31. The van der Waals surface area contributed by atoms with Gasteiger partial charge in [0.15, 0.2) is 0 Å². The fourth-order valence-corrected chi connectivity index (χ4v) is 3.62. The van der Waals surface area contributed by atoms with Gasteiger partial charge >= 0.3 is 0 Å². The van der Waals surface area contributed by atoms with E-state index < -0.39 is 0 Å². The first kappa shape index (κ1) is 17.0. The molecule has 1 aliphatic carbocycles. The Morgan fingerprint density at radius 3 is 2.24 bits per heavy atom. The lowest BCUT2D eigenvalue weighted by Crippen LogP contribution is -2.40. The Balaban J connectivity index is 1.99. The van der Waals surface area contributed by atoms with Crippen LogP contribution in [0.15, 0.2) is 28.7 Å². The van der Waals surface area contributed by atoms with Crippen LogP contribution in [0.5, 0.6) is 0 Å². The molecule has 0 heterocycles. The van der Waals surface area contributed by atoms with E-state index in [1.165, 1.54) is 55.1 Å². The molecule has 0 aromatic heterocycles. The van der Waals surface area contributed by atoms with Crippen LogP contribution in [0.25, 0.3) is 0 Å². The molecule has 0 amide bonds. The quantitative estimate of drug-likeness (QED) is 0.698. The van der Waals surface area contributed by atoms with Crippen LogP contribution in [0, 0.1) is 11.8 Å². The largest absolute Gasteiger partial charge is 0.312 e. The number of hydrogen-bond acceptors (Lipinski definition) is 1. The van der Waals surface area contributed by atoms with Gasteiger partial charge in [0.05, 0.1) is 0 Å². The smallest absolute Gasteiger partial charge is 0.0175 e. The average Bonchev–Trinajstić information content (AvgIpc) is 2.63. The molecule has 1 nitrogen and oxygen atoms in total. The van der Waals surface area contributed by atoms with Crippen molar-refractivity contribution in [3.8, 4) is 0 Å². The molecule has 1 fully saturated rings.